The average Bonchev–Trinajstić information content (AvgIpc) is 3.12. The maximum Gasteiger partial charge on any atom is 0.212 e. The van der Waals surface area contributed by atoms with Gasteiger partial charge in [0.05, 0.1) is 23.2 Å². The standard InChI is InChI=1S/C19H22N4O3S/c1-13-3-4-15(26-2)17(11-13)27(24,25)16-5-6-21-18-14(12-22-19(16)18)23-9-7-20-8-10-23/h3-6,11-12,20,22H,7-10H2,1-2H3. The van der Waals surface area contributed by atoms with Crippen molar-refractivity contribution in [3.8, 4) is 5.75 Å². The predicted octanol–water partition coefficient (Wildman–Crippen LogP) is 2.12. The van der Waals surface area contributed by atoms with Crippen LogP contribution in [0.5, 0.6) is 5.75 Å². The molecule has 0 saturated carbocycles. The molecule has 0 radical (unpaired) electrons. The summed E-state index contributed by atoms with van der Waals surface area (Å²) in [4.78, 5) is 10.2. The number of aryl methyl sites for hydroxylation is 1. The number of ether oxygens (including phenoxy) is 1. The summed E-state index contributed by atoms with van der Waals surface area (Å²) in [6, 6.07) is 6.69. The zero-order chi connectivity index (χ0) is 19.0. The SMILES string of the molecule is COc1ccc(C)cc1S(=O)(=O)c1ccnc2c(N3CCNCC3)c[nH]c12. The lowest BCUT2D eigenvalue weighted by molar-refractivity contribution is 0.402. The number of H-pyrrole nitrogens is 1. The highest BCUT2D eigenvalue weighted by Crippen LogP contribution is 2.35. The van der Waals surface area contributed by atoms with Gasteiger partial charge in [-0.1, -0.05) is 6.07 Å². The normalized spacial score (nSPS) is 15.3. The van der Waals surface area contributed by atoms with Crippen molar-refractivity contribution in [3.05, 3.63) is 42.2 Å². The molecule has 3 heterocycles. The van der Waals surface area contributed by atoms with Gasteiger partial charge in [-0.3, -0.25) is 4.98 Å². The first-order valence-electron chi connectivity index (χ1n) is 8.84. The fourth-order valence-electron chi connectivity index (χ4n) is 3.47. The number of pyridine rings is 1. The molecule has 27 heavy (non-hydrogen) atoms. The zero-order valence-corrected chi connectivity index (χ0v) is 16.1. The second kappa shape index (κ2) is 6.86. The van der Waals surface area contributed by atoms with Gasteiger partial charge in [0.15, 0.2) is 0 Å². The molecule has 0 aliphatic carbocycles. The maximum absolute atomic E-state index is 13.4. The third-order valence-corrected chi connectivity index (χ3v) is 6.68. The highest BCUT2D eigenvalue weighted by molar-refractivity contribution is 7.91. The molecule has 0 atom stereocenters. The Morgan fingerprint density at radius 3 is 2.67 bits per heavy atom. The van der Waals surface area contributed by atoms with Crippen LogP contribution >= 0.6 is 0 Å². The minimum Gasteiger partial charge on any atom is -0.495 e. The van der Waals surface area contributed by atoms with Gasteiger partial charge in [0.1, 0.15) is 16.2 Å². The van der Waals surface area contributed by atoms with Gasteiger partial charge in [-0.15, -0.1) is 0 Å². The van der Waals surface area contributed by atoms with Crippen LogP contribution in [0.1, 0.15) is 5.56 Å². The van der Waals surface area contributed by atoms with E-state index in [0.29, 0.717) is 16.8 Å². The van der Waals surface area contributed by atoms with Crippen LogP contribution < -0.4 is 15.0 Å². The minimum atomic E-state index is -3.78. The molecule has 2 aromatic heterocycles. The van der Waals surface area contributed by atoms with Gasteiger partial charge < -0.3 is 19.9 Å². The predicted molar refractivity (Wildman–Crippen MR) is 104 cm³/mol. The largest absolute Gasteiger partial charge is 0.495 e. The molecule has 1 fully saturated rings. The van der Waals surface area contributed by atoms with E-state index in [9.17, 15) is 8.42 Å². The Kier molecular flexibility index (Phi) is 4.53. The molecule has 7 nitrogen and oxygen atoms in total. The van der Waals surface area contributed by atoms with Crippen molar-refractivity contribution in [2.45, 2.75) is 16.7 Å². The van der Waals surface area contributed by atoms with Gasteiger partial charge in [0, 0.05) is 38.6 Å². The van der Waals surface area contributed by atoms with Crippen molar-refractivity contribution in [1.29, 1.82) is 0 Å². The van der Waals surface area contributed by atoms with Crippen LogP contribution in [0, 0.1) is 6.92 Å². The molecule has 142 valence electrons. The number of anilines is 1. The summed E-state index contributed by atoms with van der Waals surface area (Å²) >= 11 is 0. The van der Waals surface area contributed by atoms with Crippen molar-refractivity contribution in [2.24, 2.45) is 0 Å². The maximum atomic E-state index is 13.4. The molecule has 1 aromatic carbocycles. The molecular weight excluding hydrogens is 364 g/mol. The lowest BCUT2D eigenvalue weighted by Crippen LogP contribution is -2.43. The van der Waals surface area contributed by atoms with Crippen LogP contribution in [-0.2, 0) is 9.84 Å². The van der Waals surface area contributed by atoms with Crippen LogP contribution in [0.2, 0.25) is 0 Å². The van der Waals surface area contributed by atoms with Gasteiger partial charge in [-0.25, -0.2) is 8.42 Å². The number of methoxy groups -OCH3 is 1. The second-order valence-electron chi connectivity index (χ2n) is 6.60. The topological polar surface area (TPSA) is 87.3 Å². The van der Waals surface area contributed by atoms with E-state index in [-0.39, 0.29) is 9.79 Å². The Morgan fingerprint density at radius 2 is 1.93 bits per heavy atom. The summed E-state index contributed by atoms with van der Waals surface area (Å²) < 4.78 is 32.1. The fraction of sp³-hybridized carbons (Fsp3) is 0.316. The molecule has 3 aromatic rings. The molecule has 1 aliphatic rings. The number of benzene rings is 1. The quantitative estimate of drug-likeness (QED) is 0.714. The molecule has 4 rings (SSSR count). The van der Waals surface area contributed by atoms with E-state index in [1.54, 1.807) is 18.3 Å². The number of fused-ring (bicyclic) bond motifs is 1. The number of aromatic nitrogens is 2. The third-order valence-electron chi connectivity index (χ3n) is 4.86. The summed E-state index contributed by atoms with van der Waals surface area (Å²) in [5.74, 6) is 0.333. The fourth-order valence-corrected chi connectivity index (χ4v) is 5.13. The van der Waals surface area contributed by atoms with Gasteiger partial charge in [-0.2, -0.15) is 0 Å². The molecule has 1 aliphatic heterocycles. The highest BCUT2D eigenvalue weighted by Gasteiger charge is 2.27. The first-order valence-corrected chi connectivity index (χ1v) is 10.3. The lowest BCUT2D eigenvalue weighted by atomic mass is 10.2. The van der Waals surface area contributed by atoms with Crippen LogP contribution in [0.3, 0.4) is 0 Å². The van der Waals surface area contributed by atoms with Crippen molar-refractivity contribution in [1.82, 2.24) is 15.3 Å². The second-order valence-corrected chi connectivity index (χ2v) is 8.49. The molecule has 0 spiro atoms. The van der Waals surface area contributed by atoms with Gasteiger partial charge in [0.25, 0.3) is 0 Å². The molecule has 8 heteroatoms. The summed E-state index contributed by atoms with van der Waals surface area (Å²) in [6.45, 7) is 5.36. The number of hydrogen-bond acceptors (Lipinski definition) is 6. The van der Waals surface area contributed by atoms with E-state index in [2.05, 4.69) is 20.2 Å². The highest BCUT2D eigenvalue weighted by atomic mass is 32.2. The molecular formula is C19H22N4O3S. The van der Waals surface area contributed by atoms with Gasteiger partial charge in [0.2, 0.25) is 9.84 Å². The van der Waals surface area contributed by atoms with Gasteiger partial charge >= 0.3 is 0 Å². The number of hydrogen-bond donors (Lipinski definition) is 2. The van der Waals surface area contributed by atoms with Crippen molar-refractivity contribution >= 4 is 26.6 Å². The Morgan fingerprint density at radius 1 is 1.15 bits per heavy atom. The number of rotatable bonds is 4. The number of nitrogens with zero attached hydrogens (tertiary/aromatic N) is 2. The third kappa shape index (κ3) is 3.04. The Labute approximate surface area is 158 Å². The summed E-state index contributed by atoms with van der Waals surface area (Å²) in [7, 11) is -2.30. The lowest BCUT2D eigenvalue weighted by Gasteiger charge is -2.28. The minimum absolute atomic E-state index is 0.163. The van der Waals surface area contributed by atoms with Crippen LogP contribution in [0.4, 0.5) is 5.69 Å². The average molecular weight is 386 g/mol. The molecule has 0 unspecified atom stereocenters. The van der Waals surface area contributed by atoms with E-state index >= 15 is 0 Å². The smallest absolute Gasteiger partial charge is 0.212 e. The van der Waals surface area contributed by atoms with Crippen LogP contribution in [0.15, 0.2) is 46.5 Å². The first-order chi connectivity index (χ1) is 13.0. The number of sulfone groups is 1. The number of aromatic amines is 1. The Bertz CT molecular complexity index is 1090. The van der Waals surface area contributed by atoms with E-state index in [0.717, 1.165) is 37.4 Å². The van der Waals surface area contributed by atoms with Crippen molar-refractivity contribution < 1.29 is 13.2 Å². The monoisotopic (exact) mass is 386 g/mol. The van der Waals surface area contributed by atoms with E-state index < -0.39 is 9.84 Å². The van der Waals surface area contributed by atoms with Crippen molar-refractivity contribution in [2.75, 3.05) is 38.2 Å². The summed E-state index contributed by atoms with van der Waals surface area (Å²) in [5, 5.41) is 3.32. The first kappa shape index (κ1) is 17.8. The van der Waals surface area contributed by atoms with E-state index in [4.69, 9.17) is 4.74 Å². The molecule has 2 N–H and O–H groups in total. The van der Waals surface area contributed by atoms with Crippen LogP contribution in [0.25, 0.3) is 11.0 Å². The Hall–Kier alpha value is -2.58. The molecule has 0 bridgehead atoms. The summed E-state index contributed by atoms with van der Waals surface area (Å²) in [6.07, 6.45) is 3.40. The Balaban J connectivity index is 1.87. The molecule has 1 saturated heterocycles. The summed E-state index contributed by atoms with van der Waals surface area (Å²) in [5.41, 5.74) is 2.98. The number of nitrogens with one attached hydrogen (secondary N) is 2. The van der Waals surface area contributed by atoms with Gasteiger partial charge in [-0.05, 0) is 30.7 Å². The van der Waals surface area contributed by atoms with E-state index in [1.807, 2.05) is 19.2 Å². The van der Waals surface area contributed by atoms with Crippen LogP contribution in [-0.4, -0.2) is 51.7 Å². The number of piperazine rings is 1. The zero-order valence-electron chi connectivity index (χ0n) is 15.3. The van der Waals surface area contributed by atoms with E-state index in [1.165, 1.54) is 13.2 Å². The molecule has 0 amide bonds. The van der Waals surface area contributed by atoms with Crippen molar-refractivity contribution in [3.63, 3.8) is 0 Å².